The van der Waals surface area contributed by atoms with Crippen molar-refractivity contribution in [1.29, 1.82) is 0 Å². The third kappa shape index (κ3) is 5.57. The summed E-state index contributed by atoms with van der Waals surface area (Å²) in [6, 6.07) is 8.04. The Labute approximate surface area is 179 Å². The molecule has 0 aliphatic carbocycles. The number of halogens is 4. The van der Waals surface area contributed by atoms with Gasteiger partial charge in [0.2, 0.25) is 5.95 Å². The molecule has 12 heteroatoms. The number of urea groups is 1. The zero-order valence-electron chi connectivity index (χ0n) is 16.1. The summed E-state index contributed by atoms with van der Waals surface area (Å²) in [5.74, 6) is 0.221. The minimum Gasteiger partial charge on any atom is -0.453 e. The van der Waals surface area contributed by atoms with Crippen molar-refractivity contribution in [3.05, 3.63) is 52.5 Å². The molecule has 8 nitrogen and oxygen atoms in total. The van der Waals surface area contributed by atoms with E-state index in [2.05, 4.69) is 30.7 Å². The van der Waals surface area contributed by atoms with E-state index < -0.39 is 34.6 Å². The van der Waals surface area contributed by atoms with E-state index in [9.17, 15) is 22.8 Å². The van der Waals surface area contributed by atoms with Crippen molar-refractivity contribution in [1.82, 2.24) is 15.3 Å². The van der Waals surface area contributed by atoms with Crippen LogP contribution < -0.4 is 16.0 Å². The topological polar surface area (TPSA) is 108 Å². The number of amides is 3. The quantitative estimate of drug-likeness (QED) is 0.444. The largest absolute Gasteiger partial charge is 0.453 e. The normalized spacial score (nSPS) is 11.3. The molecule has 0 unspecified atom stereocenters. The van der Waals surface area contributed by atoms with E-state index in [0.717, 1.165) is 17.7 Å². The van der Waals surface area contributed by atoms with Gasteiger partial charge in [0.1, 0.15) is 0 Å². The van der Waals surface area contributed by atoms with Gasteiger partial charge in [-0.15, -0.1) is 0 Å². The van der Waals surface area contributed by atoms with Gasteiger partial charge in [0.25, 0.3) is 0 Å². The lowest BCUT2D eigenvalue weighted by molar-refractivity contribution is -0.136. The molecule has 3 amide bonds. The number of aromatic nitrogens is 2. The Kier molecular flexibility index (Phi) is 6.54. The number of hydrogen-bond acceptors (Lipinski definition) is 4. The molecule has 0 atom stereocenters. The fourth-order valence-electron chi connectivity index (χ4n) is 2.82. The SMILES string of the molecule is COC(=O)Nc1nc2ccc(CCNC(=O)Nc3cccc(Cl)c3C(F)(F)F)cc2[nH]1. The molecule has 0 spiro atoms. The lowest BCUT2D eigenvalue weighted by Gasteiger charge is -2.15. The van der Waals surface area contributed by atoms with Crippen LogP contribution in [0.15, 0.2) is 36.4 Å². The second-order valence-corrected chi connectivity index (χ2v) is 6.75. The molecule has 3 aromatic rings. The van der Waals surface area contributed by atoms with Gasteiger partial charge in [-0.3, -0.25) is 5.32 Å². The molecular formula is C19H17ClF3N5O3. The number of anilines is 2. The van der Waals surface area contributed by atoms with Crippen molar-refractivity contribution in [3.63, 3.8) is 0 Å². The molecule has 2 aromatic carbocycles. The molecule has 0 saturated heterocycles. The van der Waals surface area contributed by atoms with E-state index in [0.29, 0.717) is 17.5 Å². The molecule has 0 saturated carbocycles. The van der Waals surface area contributed by atoms with Crippen LogP contribution in [0, 0.1) is 0 Å². The van der Waals surface area contributed by atoms with Crippen molar-refractivity contribution in [2.45, 2.75) is 12.6 Å². The van der Waals surface area contributed by atoms with Gasteiger partial charge in [-0.05, 0) is 36.2 Å². The highest BCUT2D eigenvalue weighted by atomic mass is 35.5. The molecule has 0 aliphatic rings. The maximum Gasteiger partial charge on any atom is 0.419 e. The van der Waals surface area contributed by atoms with Crippen LogP contribution in [-0.2, 0) is 17.3 Å². The number of hydrogen-bond donors (Lipinski definition) is 4. The van der Waals surface area contributed by atoms with Gasteiger partial charge in [-0.1, -0.05) is 23.7 Å². The first-order valence-corrected chi connectivity index (χ1v) is 9.29. The van der Waals surface area contributed by atoms with E-state index in [-0.39, 0.29) is 12.5 Å². The summed E-state index contributed by atoms with van der Waals surface area (Å²) in [6.07, 6.45) is -4.96. The lowest BCUT2D eigenvalue weighted by atomic mass is 10.1. The summed E-state index contributed by atoms with van der Waals surface area (Å²) < 4.78 is 44.0. The molecule has 4 N–H and O–H groups in total. The number of alkyl halides is 3. The van der Waals surface area contributed by atoms with Crippen LogP contribution in [0.25, 0.3) is 11.0 Å². The summed E-state index contributed by atoms with van der Waals surface area (Å²) in [7, 11) is 1.23. The number of aromatic amines is 1. The van der Waals surface area contributed by atoms with E-state index in [1.165, 1.54) is 13.2 Å². The summed E-state index contributed by atoms with van der Waals surface area (Å²) in [5, 5.41) is 6.60. The van der Waals surface area contributed by atoms with Gasteiger partial charge in [0.05, 0.1) is 34.4 Å². The van der Waals surface area contributed by atoms with Crippen LogP contribution in [-0.4, -0.2) is 35.7 Å². The fraction of sp³-hybridized carbons (Fsp3) is 0.211. The van der Waals surface area contributed by atoms with Gasteiger partial charge in [-0.2, -0.15) is 13.2 Å². The number of H-pyrrole nitrogens is 1. The Hall–Kier alpha value is -3.47. The van der Waals surface area contributed by atoms with Gasteiger partial charge in [0.15, 0.2) is 0 Å². The number of benzene rings is 2. The van der Waals surface area contributed by atoms with Crippen LogP contribution >= 0.6 is 11.6 Å². The van der Waals surface area contributed by atoms with Crippen LogP contribution in [0.2, 0.25) is 5.02 Å². The summed E-state index contributed by atoms with van der Waals surface area (Å²) in [5.41, 5.74) is 0.568. The predicted molar refractivity (Wildman–Crippen MR) is 109 cm³/mol. The summed E-state index contributed by atoms with van der Waals surface area (Å²) in [6.45, 7) is 0.167. The van der Waals surface area contributed by atoms with Gasteiger partial charge in [-0.25, -0.2) is 14.6 Å². The molecule has 0 bridgehead atoms. The van der Waals surface area contributed by atoms with Crippen molar-refractivity contribution in [2.24, 2.45) is 0 Å². The maximum atomic E-state index is 13.2. The van der Waals surface area contributed by atoms with Crippen LogP contribution in [0.5, 0.6) is 0 Å². The summed E-state index contributed by atoms with van der Waals surface area (Å²) in [4.78, 5) is 30.4. The van der Waals surface area contributed by atoms with E-state index in [1.807, 2.05) is 0 Å². The molecule has 0 radical (unpaired) electrons. The molecule has 1 heterocycles. The standard InChI is InChI=1S/C19H17ClF3N5O3/c1-31-18(30)28-16-25-12-6-5-10(9-14(12)26-16)7-8-24-17(29)27-13-4-2-3-11(20)15(13)19(21,22)23/h2-6,9H,7-8H2,1H3,(H2,24,27,29)(H2,25,26,28,30). The molecule has 0 fully saturated rings. The predicted octanol–water partition coefficient (Wildman–Crippen LogP) is 4.78. The summed E-state index contributed by atoms with van der Waals surface area (Å²) >= 11 is 5.64. The zero-order valence-corrected chi connectivity index (χ0v) is 16.8. The number of carbonyl (C=O) groups is 2. The average Bonchev–Trinajstić information content (AvgIpc) is 3.08. The van der Waals surface area contributed by atoms with Gasteiger partial charge in [0, 0.05) is 6.54 Å². The molecule has 0 aliphatic heterocycles. The molecular weight excluding hydrogens is 439 g/mol. The van der Waals surface area contributed by atoms with Crippen LogP contribution in [0.4, 0.5) is 34.4 Å². The van der Waals surface area contributed by atoms with Gasteiger partial charge >= 0.3 is 18.3 Å². The number of imidazole rings is 1. The first-order chi connectivity index (χ1) is 14.7. The first-order valence-electron chi connectivity index (χ1n) is 8.91. The van der Waals surface area contributed by atoms with E-state index in [4.69, 9.17) is 11.6 Å². The Balaban J connectivity index is 1.59. The second kappa shape index (κ2) is 9.13. The second-order valence-electron chi connectivity index (χ2n) is 6.34. The number of nitrogens with zero attached hydrogens (tertiary/aromatic N) is 1. The average molecular weight is 456 g/mol. The third-order valence-electron chi connectivity index (χ3n) is 4.20. The fourth-order valence-corrected chi connectivity index (χ4v) is 3.10. The first kappa shape index (κ1) is 22.2. The maximum absolute atomic E-state index is 13.2. The van der Waals surface area contributed by atoms with Crippen molar-refractivity contribution in [3.8, 4) is 0 Å². The number of methoxy groups -OCH3 is 1. The molecule has 31 heavy (non-hydrogen) atoms. The van der Waals surface area contributed by atoms with Crippen molar-refractivity contribution in [2.75, 3.05) is 24.3 Å². The van der Waals surface area contributed by atoms with Crippen LogP contribution in [0.3, 0.4) is 0 Å². The zero-order chi connectivity index (χ0) is 22.6. The van der Waals surface area contributed by atoms with Crippen molar-refractivity contribution >= 4 is 46.4 Å². The van der Waals surface area contributed by atoms with E-state index in [1.54, 1.807) is 18.2 Å². The Morgan fingerprint density at radius 3 is 2.68 bits per heavy atom. The molecule has 3 rings (SSSR count). The number of ether oxygens (including phenoxy) is 1. The van der Waals surface area contributed by atoms with Crippen LogP contribution in [0.1, 0.15) is 11.1 Å². The Morgan fingerprint density at radius 1 is 1.19 bits per heavy atom. The minimum absolute atomic E-state index is 0.167. The van der Waals surface area contributed by atoms with Crippen molar-refractivity contribution < 1.29 is 27.5 Å². The molecule has 164 valence electrons. The highest BCUT2D eigenvalue weighted by Gasteiger charge is 2.36. The number of carbonyl (C=O) groups excluding carboxylic acids is 2. The Morgan fingerprint density at radius 2 is 1.97 bits per heavy atom. The number of nitrogens with one attached hydrogen (secondary N) is 4. The third-order valence-corrected chi connectivity index (χ3v) is 4.51. The highest BCUT2D eigenvalue weighted by molar-refractivity contribution is 6.32. The van der Waals surface area contributed by atoms with Gasteiger partial charge < -0.3 is 20.4 Å². The monoisotopic (exact) mass is 455 g/mol. The Bertz CT molecular complexity index is 1120. The van der Waals surface area contributed by atoms with E-state index >= 15 is 0 Å². The highest BCUT2D eigenvalue weighted by Crippen LogP contribution is 2.39. The number of fused-ring (bicyclic) bond motifs is 1. The lowest BCUT2D eigenvalue weighted by Crippen LogP contribution is -2.31. The molecule has 1 aromatic heterocycles. The number of rotatable bonds is 5. The smallest absolute Gasteiger partial charge is 0.419 e. The minimum atomic E-state index is -4.71.